The quantitative estimate of drug-likeness (QED) is 0.837. The molecule has 1 aromatic carbocycles. The van der Waals surface area contributed by atoms with Crippen LogP contribution in [-0.2, 0) is 6.54 Å². The van der Waals surface area contributed by atoms with E-state index in [4.69, 9.17) is 9.47 Å². The van der Waals surface area contributed by atoms with Crippen LogP contribution < -0.4 is 14.8 Å². The third-order valence-electron chi connectivity index (χ3n) is 3.54. The third kappa shape index (κ3) is 5.21. The van der Waals surface area contributed by atoms with Crippen molar-refractivity contribution in [3.63, 3.8) is 0 Å². The van der Waals surface area contributed by atoms with Gasteiger partial charge in [0, 0.05) is 19.1 Å². The van der Waals surface area contributed by atoms with Gasteiger partial charge in [-0.15, -0.1) is 0 Å². The van der Waals surface area contributed by atoms with Crippen molar-refractivity contribution in [1.82, 2.24) is 10.2 Å². The zero-order valence-corrected chi connectivity index (χ0v) is 13.7. The Morgan fingerprint density at radius 1 is 1.14 bits per heavy atom. The number of hydrogen-bond donors (Lipinski definition) is 1. The Morgan fingerprint density at radius 2 is 1.86 bits per heavy atom. The van der Waals surface area contributed by atoms with Crippen LogP contribution in [-0.4, -0.2) is 44.8 Å². The van der Waals surface area contributed by atoms with Crippen molar-refractivity contribution in [2.75, 3.05) is 33.9 Å². The Morgan fingerprint density at radius 3 is 2.52 bits per heavy atom. The van der Waals surface area contributed by atoms with E-state index in [-0.39, 0.29) is 0 Å². The summed E-state index contributed by atoms with van der Waals surface area (Å²) in [5, 5.41) is 3.67. The summed E-state index contributed by atoms with van der Waals surface area (Å²) in [6.45, 7) is 7.75. The first kappa shape index (κ1) is 16.1. The van der Waals surface area contributed by atoms with Crippen LogP contribution in [0.25, 0.3) is 0 Å². The number of hydrogen-bond acceptors (Lipinski definition) is 4. The summed E-state index contributed by atoms with van der Waals surface area (Å²) in [6.07, 6.45) is 1.18. The summed E-state index contributed by atoms with van der Waals surface area (Å²) < 4.78 is 11.2. The van der Waals surface area contributed by atoms with Crippen molar-refractivity contribution >= 4 is 0 Å². The first-order valence-electron chi connectivity index (χ1n) is 7.81. The average Bonchev–Trinajstić information content (AvgIpc) is 2.43. The molecule has 0 saturated carbocycles. The number of nitrogens with zero attached hydrogens (tertiary/aromatic N) is 1. The first-order valence-corrected chi connectivity index (χ1v) is 7.81. The minimum Gasteiger partial charge on any atom is -0.486 e. The molecule has 21 heavy (non-hydrogen) atoms. The number of likely N-dealkylation sites (N-methyl/N-ethyl adjacent to an activating group) is 1. The molecular weight excluding hydrogens is 264 g/mol. The molecule has 0 saturated heterocycles. The fraction of sp³-hybridized carbons (Fsp3) is 0.647. The molecule has 4 nitrogen and oxygen atoms in total. The molecule has 1 N–H and O–H groups in total. The number of benzene rings is 1. The summed E-state index contributed by atoms with van der Waals surface area (Å²) in [5.41, 5.74) is 1.24. The number of rotatable bonds is 7. The lowest BCUT2D eigenvalue weighted by Gasteiger charge is -2.24. The van der Waals surface area contributed by atoms with Gasteiger partial charge >= 0.3 is 0 Å². The van der Waals surface area contributed by atoms with Crippen LogP contribution in [0.1, 0.15) is 25.8 Å². The minimum absolute atomic E-state index is 0.508. The van der Waals surface area contributed by atoms with E-state index in [0.29, 0.717) is 25.2 Å². The van der Waals surface area contributed by atoms with E-state index in [1.807, 2.05) is 6.07 Å². The van der Waals surface area contributed by atoms with Gasteiger partial charge in [0.05, 0.1) is 0 Å². The summed E-state index contributed by atoms with van der Waals surface area (Å²) >= 11 is 0. The molecule has 1 aromatic rings. The molecule has 1 atom stereocenters. The smallest absolute Gasteiger partial charge is 0.161 e. The molecule has 0 spiro atoms. The van der Waals surface area contributed by atoms with Crippen molar-refractivity contribution < 1.29 is 9.47 Å². The Bertz CT molecular complexity index is 436. The van der Waals surface area contributed by atoms with Gasteiger partial charge in [-0.3, -0.25) is 0 Å². The summed E-state index contributed by atoms with van der Waals surface area (Å²) in [4.78, 5) is 2.24. The van der Waals surface area contributed by atoms with Gasteiger partial charge in [0.2, 0.25) is 0 Å². The van der Waals surface area contributed by atoms with E-state index < -0.39 is 0 Å². The average molecular weight is 292 g/mol. The van der Waals surface area contributed by atoms with E-state index in [1.54, 1.807) is 0 Å². The van der Waals surface area contributed by atoms with Gasteiger partial charge in [-0.1, -0.05) is 19.9 Å². The van der Waals surface area contributed by atoms with Gasteiger partial charge in [-0.05, 0) is 44.1 Å². The second-order valence-electron chi connectivity index (χ2n) is 6.45. The van der Waals surface area contributed by atoms with E-state index in [2.05, 4.69) is 50.3 Å². The third-order valence-corrected chi connectivity index (χ3v) is 3.54. The van der Waals surface area contributed by atoms with Crippen molar-refractivity contribution in [1.29, 1.82) is 0 Å². The van der Waals surface area contributed by atoms with E-state index in [9.17, 15) is 0 Å². The number of ether oxygens (including phenoxy) is 2. The molecule has 4 heteroatoms. The maximum atomic E-state index is 5.64. The summed E-state index contributed by atoms with van der Waals surface area (Å²) in [7, 11) is 4.25. The first-order chi connectivity index (χ1) is 10.0. The van der Waals surface area contributed by atoms with Crippen molar-refractivity contribution in [3.8, 4) is 11.5 Å². The van der Waals surface area contributed by atoms with Gasteiger partial charge in [-0.2, -0.15) is 0 Å². The lowest BCUT2D eigenvalue weighted by molar-refractivity contribution is 0.171. The van der Waals surface area contributed by atoms with Gasteiger partial charge in [0.1, 0.15) is 13.2 Å². The summed E-state index contributed by atoms with van der Waals surface area (Å²) in [6, 6.07) is 6.72. The van der Waals surface area contributed by atoms with Crippen LogP contribution in [0.5, 0.6) is 11.5 Å². The summed E-state index contributed by atoms with van der Waals surface area (Å²) in [5.74, 6) is 2.42. The molecule has 0 bridgehead atoms. The van der Waals surface area contributed by atoms with Crippen LogP contribution >= 0.6 is 0 Å². The predicted octanol–water partition coefficient (Wildman–Crippen LogP) is 2.52. The monoisotopic (exact) mass is 292 g/mol. The van der Waals surface area contributed by atoms with Gasteiger partial charge < -0.3 is 19.7 Å². The molecule has 2 rings (SSSR count). The SMILES string of the molecule is CC(C)CC(CN(C)C)NCc1ccc2c(c1)OCCO2. The Labute approximate surface area is 128 Å². The standard InChI is InChI=1S/C17H28N2O2/c1-13(2)9-15(12-19(3)4)18-11-14-5-6-16-17(10-14)21-8-7-20-16/h5-6,10,13,15,18H,7-9,11-12H2,1-4H3. The predicted molar refractivity (Wildman–Crippen MR) is 86.1 cm³/mol. The Hall–Kier alpha value is -1.26. The maximum absolute atomic E-state index is 5.64. The molecule has 1 unspecified atom stereocenters. The van der Waals surface area contributed by atoms with E-state index >= 15 is 0 Å². The molecular formula is C17H28N2O2. The normalized spacial score (nSPS) is 15.5. The second kappa shape index (κ2) is 7.66. The zero-order valence-electron chi connectivity index (χ0n) is 13.7. The van der Waals surface area contributed by atoms with Crippen molar-refractivity contribution in [2.45, 2.75) is 32.9 Å². The lowest BCUT2D eigenvalue weighted by Crippen LogP contribution is -2.38. The highest BCUT2D eigenvalue weighted by Crippen LogP contribution is 2.30. The number of nitrogens with one attached hydrogen (secondary N) is 1. The Balaban J connectivity index is 1.93. The molecule has 0 radical (unpaired) electrons. The highest BCUT2D eigenvalue weighted by atomic mass is 16.6. The zero-order chi connectivity index (χ0) is 15.2. The fourth-order valence-electron chi connectivity index (χ4n) is 2.69. The number of fused-ring (bicyclic) bond motifs is 1. The molecule has 0 fully saturated rings. The molecule has 1 aliphatic rings. The van der Waals surface area contributed by atoms with E-state index in [0.717, 1.165) is 24.6 Å². The second-order valence-corrected chi connectivity index (χ2v) is 6.45. The van der Waals surface area contributed by atoms with Crippen LogP contribution in [0.4, 0.5) is 0 Å². The van der Waals surface area contributed by atoms with Crippen molar-refractivity contribution in [2.24, 2.45) is 5.92 Å². The van der Waals surface area contributed by atoms with Crippen molar-refractivity contribution in [3.05, 3.63) is 23.8 Å². The lowest BCUT2D eigenvalue weighted by atomic mass is 10.0. The van der Waals surface area contributed by atoms with Gasteiger partial charge in [-0.25, -0.2) is 0 Å². The fourth-order valence-corrected chi connectivity index (χ4v) is 2.69. The molecule has 118 valence electrons. The highest BCUT2D eigenvalue weighted by molar-refractivity contribution is 5.43. The highest BCUT2D eigenvalue weighted by Gasteiger charge is 2.14. The molecule has 0 aromatic heterocycles. The van der Waals surface area contributed by atoms with Crippen LogP contribution in [0.3, 0.4) is 0 Å². The van der Waals surface area contributed by atoms with Gasteiger partial charge in [0.25, 0.3) is 0 Å². The van der Waals surface area contributed by atoms with Crippen LogP contribution in [0, 0.1) is 5.92 Å². The molecule has 1 aliphatic heterocycles. The Kier molecular flexibility index (Phi) is 5.88. The van der Waals surface area contributed by atoms with E-state index in [1.165, 1.54) is 12.0 Å². The molecule has 0 amide bonds. The minimum atomic E-state index is 0.508. The van der Waals surface area contributed by atoms with Crippen LogP contribution in [0.15, 0.2) is 18.2 Å². The topological polar surface area (TPSA) is 33.7 Å². The van der Waals surface area contributed by atoms with Crippen LogP contribution in [0.2, 0.25) is 0 Å². The largest absolute Gasteiger partial charge is 0.486 e. The molecule has 0 aliphatic carbocycles. The van der Waals surface area contributed by atoms with Gasteiger partial charge in [0.15, 0.2) is 11.5 Å². The maximum Gasteiger partial charge on any atom is 0.161 e. The molecule has 1 heterocycles.